The molecule has 1 rings (SSSR count). The molecule has 4 heteroatoms. The average Bonchev–Trinajstić information content (AvgIpc) is 2.43. The van der Waals surface area contributed by atoms with E-state index in [1.807, 2.05) is 0 Å². The van der Waals surface area contributed by atoms with Crippen LogP contribution in [0.25, 0.3) is 0 Å². The lowest BCUT2D eigenvalue weighted by Gasteiger charge is -2.19. The highest BCUT2D eigenvalue weighted by molar-refractivity contribution is 5.80. The maximum Gasteiger partial charge on any atom is 0.222 e. The van der Waals surface area contributed by atoms with E-state index in [9.17, 15) is 9.59 Å². The van der Waals surface area contributed by atoms with Crippen LogP contribution in [0.3, 0.4) is 0 Å². The summed E-state index contributed by atoms with van der Waals surface area (Å²) in [6.07, 6.45) is 4.28. The quantitative estimate of drug-likeness (QED) is 0.704. The molecule has 0 aromatic rings. The number of hydrogen-bond acceptors (Lipinski definition) is 2. The van der Waals surface area contributed by atoms with Crippen molar-refractivity contribution >= 4 is 11.8 Å². The van der Waals surface area contributed by atoms with Crippen LogP contribution >= 0.6 is 0 Å². The number of nitrogens with zero attached hydrogens (tertiary/aromatic N) is 1. The van der Waals surface area contributed by atoms with Gasteiger partial charge in [-0.1, -0.05) is 19.8 Å². The molecule has 0 unspecified atom stereocenters. The lowest BCUT2D eigenvalue weighted by atomic mass is 10.2. The third-order valence-electron chi connectivity index (χ3n) is 2.66. The molecule has 0 aromatic carbocycles. The molecule has 0 aromatic heterocycles. The lowest BCUT2D eigenvalue weighted by molar-refractivity contribution is -0.131. The summed E-state index contributed by atoms with van der Waals surface area (Å²) in [6.45, 7) is 3.96. The molecule has 0 aliphatic carbocycles. The molecule has 1 fully saturated rings. The predicted octanol–water partition coefficient (Wildman–Crippen LogP) is 0.915. The summed E-state index contributed by atoms with van der Waals surface area (Å²) in [5.74, 6) is 0.249. The van der Waals surface area contributed by atoms with Crippen LogP contribution in [0.5, 0.6) is 0 Å². The third kappa shape index (κ3) is 4.32. The van der Waals surface area contributed by atoms with Gasteiger partial charge in [0.05, 0.1) is 0 Å². The summed E-state index contributed by atoms with van der Waals surface area (Å²) in [5, 5.41) is 2.76. The van der Waals surface area contributed by atoms with Crippen LogP contribution in [0.15, 0.2) is 0 Å². The zero-order valence-electron chi connectivity index (χ0n) is 9.42. The fourth-order valence-electron chi connectivity index (χ4n) is 1.70. The summed E-state index contributed by atoms with van der Waals surface area (Å²) in [7, 11) is 0. The third-order valence-corrected chi connectivity index (χ3v) is 2.66. The normalized spacial score (nSPS) is 17.1. The molecule has 2 amide bonds. The van der Waals surface area contributed by atoms with Gasteiger partial charge in [-0.25, -0.2) is 0 Å². The molecule has 0 radical (unpaired) electrons. The summed E-state index contributed by atoms with van der Waals surface area (Å²) >= 11 is 0. The Kier molecular flexibility index (Phi) is 5.15. The molecule has 1 aliphatic heterocycles. The minimum atomic E-state index is 0.0545. The van der Waals surface area contributed by atoms with Crippen molar-refractivity contribution in [2.75, 3.05) is 19.6 Å². The van der Waals surface area contributed by atoms with E-state index in [1.54, 1.807) is 4.90 Å². The lowest BCUT2D eigenvalue weighted by Crippen LogP contribution is -2.34. The largest absolute Gasteiger partial charge is 0.354 e. The molecule has 0 saturated carbocycles. The van der Waals surface area contributed by atoms with Crippen LogP contribution in [-0.2, 0) is 9.59 Å². The van der Waals surface area contributed by atoms with Crippen molar-refractivity contribution in [3.8, 4) is 0 Å². The van der Waals surface area contributed by atoms with Crippen LogP contribution in [0.4, 0.5) is 0 Å². The van der Waals surface area contributed by atoms with Crippen LogP contribution in [-0.4, -0.2) is 36.3 Å². The first-order valence-corrected chi connectivity index (χ1v) is 5.78. The number of nitrogens with one attached hydrogen (secondary N) is 1. The van der Waals surface area contributed by atoms with E-state index in [0.717, 1.165) is 19.3 Å². The van der Waals surface area contributed by atoms with Gasteiger partial charge in [-0.3, -0.25) is 9.59 Å². The van der Waals surface area contributed by atoms with Gasteiger partial charge >= 0.3 is 0 Å². The second kappa shape index (κ2) is 6.43. The molecular formula is C11H20N2O2. The summed E-state index contributed by atoms with van der Waals surface area (Å²) < 4.78 is 0. The maximum absolute atomic E-state index is 11.7. The highest BCUT2D eigenvalue weighted by atomic mass is 16.2. The minimum Gasteiger partial charge on any atom is -0.354 e. The van der Waals surface area contributed by atoms with Crippen molar-refractivity contribution in [3.05, 3.63) is 0 Å². The molecular weight excluding hydrogens is 192 g/mol. The van der Waals surface area contributed by atoms with Gasteiger partial charge in [0.25, 0.3) is 0 Å². The van der Waals surface area contributed by atoms with Crippen molar-refractivity contribution in [3.63, 3.8) is 0 Å². The van der Waals surface area contributed by atoms with Gasteiger partial charge in [0.1, 0.15) is 0 Å². The zero-order valence-corrected chi connectivity index (χ0v) is 9.42. The van der Waals surface area contributed by atoms with E-state index in [4.69, 9.17) is 0 Å². The first kappa shape index (κ1) is 12.0. The summed E-state index contributed by atoms with van der Waals surface area (Å²) in [6, 6.07) is 0. The Morgan fingerprint density at radius 2 is 2.20 bits per heavy atom. The van der Waals surface area contributed by atoms with Gasteiger partial charge in [-0.05, 0) is 6.42 Å². The van der Waals surface area contributed by atoms with Gasteiger partial charge < -0.3 is 10.2 Å². The molecule has 1 saturated heterocycles. The van der Waals surface area contributed by atoms with Crippen molar-refractivity contribution in [1.29, 1.82) is 0 Å². The standard InChI is InChI=1S/C11H20N2O2/c1-2-3-4-5-11(15)13-8-6-10(14)12-7-9-13/h2-9H2,1H3,(H,12,14). The molecule has 0 atom stereocenters. The average molecular weight is 212 g/mol. The molecule has 0 bridgehead atoms. The topological polar surface area (TPSA) is 49.4 Å². The van der Waals surface area contributed by atoms with Gasteiger partial charge in [0.15, 0.2) is 0 Å². The molecule has 1 aliphatic rings. The molecule has 15 heavy (non-hydrogen) atoms. The molecule has 4 nitrogen and oxygen atoms in total. The number of carbonyl (C=O) groups is 2. The Morgan fingerprint density at radius 1 is 1.40 bits per heavy atom. The van der Waals surface area contributed by atoms with E-state index in [1.165, 1.54) is 0 Å². The molecule has 1 N–H and O–H groups in total. The number of rotatable bonds is 4. The summed E-state index contributed by atoms with van der Waals surface area (Å²) in [5.41, 5.74) is 0. The van der Waals surface area contributed by atoms with E-state index in [2.05, 4.69) is 12.2 Å². The van der Waals surface area contributed by atoms with Crippen LogP contribution in [0.1, 0.15) is 39.0 Å². The highest BCUT2D eigenvalue weighted by Crippen LogP contribution is 2.05. The Morgan fingerprint density at radius 3 is 2.93 bits per heavy atom. The van der Waals surface area contributed by atoms with Gasteiger partial charge in [0.2, 0.25) is 11.8 Å². The maximum atomic E-state index is 11.7. The highest BCUT2D eigenvalue weighted by Gasteiger charge is 2.17. The fourth-order valence-corrected chi connectivity index (χ4v) is 1.70. The molecule has 1 heterocycles. The van der Waals surface area contributed by atoms with Gasteiger partial charge in [-0.15, -0.1) is 0 Å². The second-order valence-corrected chi connectivity index (χ2v) is 3.94. The van der Waals surface area contributed by atoms with Gasteiger partial charge in [0, 0.05) is 32.5 Å². The van der Waals surface area contributed by atoms with Crippen molar-refractivity contribution in [1.82, 2.24) is 10.2 Å². The Labute approximate surface area is 91.0 Å². The Bertz CT molecular complexity index is 229. The molecule has 0 spiro atoms. The zero-order chi connectivity index (χ0) is 11.1. The van der Waals surface area contributed by atoms with Crippen LogP contribution < -0.4 is 5.32 Å². The Hall–Kier alpha value is -1.06. The van der Waals surface area contributed by atoms with Gasteiger partial charge in [-0.2, -0.15) is 0 Å². The van der Waals surface area contributed by atoms with E-state index >= 15 is 0 Å². The number of unbranched alkanes of at least 4 members (excludes halogenated alkanes) is 2. The number of hydrogen-bond donors (Lipinski definition) is 1. The number of carbonyl (C=O) groups excluding carboxylic acids is 2. The fraction of sp³-hybridized carbons (Fsp3) is 0.818. The van der Waals surface area contributed by atoms with E-state index < -0.39 is 0 Å². The first-order chi connectivity index (χ1) is 7.24. The van der Waals surface area contributed by atoms with E-state index in [0.29, 0.717) is 32.5 Å². The van der Waals surface area contributed by atoms with Crippen molar-refractivity contribution in [2.24, 2.45) is 0 Å². The second-order valence-electron chi connectivity index (χ2n) is 3.94. The predicted molar refractivity (Wildman–Crippen MR) is 58.3 cm³/mol. The minimum absolute atomic E-state index is 0.0545. The van der Waals surface area contributed by atoms with Crippen molar-refractivity contribution < 1.29 is 9.59 Å². The smallest absolute Gasteiger partial charge is 0.222 e. The first-order valence-electron chi connectivity index (χ1n) is 5.78. The monoisotopic (exact) mass is 212 g/mol. The van der Waals surface area contributed by atoms with Crippen LogP contribution in [0.2, 0.25) is 0 Å². The number of amides is 2. The molecule has 86 valence electrons. The Balaban J connectivity index is 2.28. The van der Waals surface area contributed by atoms with E-state index in [-0.39, 0.29) is 11.8 Å². The SMILES string of the molecule is CCCCCC(=O)N1CCNC(=O)CC1. The van der Waals surface area contributed by atoms with Crippen LogP contribution in [0, 0.1) is 0 Å². The summed E-state index contributed by atoms with van der Waals surface area (Å²) in [4.78, 5) is 24.6. The van der Waals surface area contributed by atoms with Crippen molar-refractivity contribution in [2.45, 2.75) is 39.0 Å².